The van der Waals surface area contributed by atoms with E-state index >= 15 is 0 Å². The second-order valence-electron chi connectivity index (χ2n) is 8.17. The van der Waals surface area contributed by atoms with Gasteiger partial charge in [0.15, 0.2) is 11.5 Å². The first-order valence-electron chi connectivity index (χ1n) is 10.5. The van der Waals surface area contributed by atoms with Gasteiger partial charge in [-0.15, -0.1) is 0 Å². The Hall–Kier alpha value is -3.11. The summed E-state index contributed by atoms with van der Waals surface area (Å²) >= 11 is 0. The van der Waals surface area contributed by atoms with Crippen LogP contribution in [0.1, 0.15) is 36.5 Å². The molecule has 0 saturated carbocycles. The summed E-state index contributed by atoms with van der Waals surface area (Å²) in [5.74, 6) is 1.71. The molecule has 0 aromatic heterocycles. The Morgan fingerprint density at radius 3 is 2.40 bits per heavy atom. The number of carbonyl (C=O) groups is 1. The quantitative estimate of drug-likeness (QED) is 0.443. The molecule has 3 aromatic rings. The van der Waals surface area contributed by atoms with E-state index in [0.29, 0.717) is 11.5 Å². The second kappa shape index (κ2) is 7.62. The van der Waals surface area contributed by atoms with E-state index in [1.54, 1.807) is 0 Å². The van der Waals surface area contributed by atoms with Gasteiger partial charge in [-0.2, -0.15) is 0 Å². The molecule has 0 radical (unpaired) electrons. The van der Waals surface area contributed by atoms with Crippen LogP contribution in [-0.4, -0.2) is 24.0 Å². The SMILES string of the molecule is CC(=O)Oc1cccc2c1Oc1ccccc1C21CCN(Cc2ccccc2)CC1. The molecule has 5 rings (SSSR count). The van der Waals surface area contributed by atoms with Crippen LogP contribution >= 0.6 is 0 Å². The van der Waals surface area contributed by atoms with Crippen molar-refractivity contribution in [3.8, 4) is 17.2 Å². The van der Waals surface area contributed by atoms with Crippen LogP contribution in [-0.2, 0) is 16.8 Å². The first-order chi connectivity index (χ1) is 14.7. The predicted molar refractivity (Wildman–Crippen MR) is 116 cm³/mol. The number of carbonyl (C=O) groups excluding carboxylic acids is 1. The highest BCUT2D eigenvalue weighted by Crippen LogP contribution is 2.55. The van der Waals surface area contributed by atoms with Crippen molar-refractivity contribution in [1.82, 2.24) is 4.90 Å². The van der Waals surface area contributed by atoms with Gasteiger partial charge in [-0.3, -0.25) is 9.69 Å². The van der Waals surface area contributed by atoms with Crippen molar-refractivity contribution in [3.63, 3.8) is 0 Å². The summed E-state index contributed by atoms with van der Waals surface area (Å²) in [6.45, 7) is 4.39. The van der Waals surface area contributed by atoms with Gasteiger partial charge in [0.2, 0.25) is 0 Å². The van der Waals surface area contributed by atoms with Gasteiger partial charge in [-0.25, -0.2) is 0 Å². The van der Waals surface area contributed by atoms with E-state index in [0.717, 1.165) is 43.8 Å². The van der Waals surface area contributed by atoms with Crippen LogP contribution in [0, 0.1) is 0 Å². The lowest BCUT2D eigenvalue weighted by Gasteiger charge is -2.46. The Kier molecular flexibility index (Phi) is 4.80. The number of rotatable bonds is 3. The second-order valence-corrected chi connectivity index (χ2v) is 8.17. The molecule has 4 nitrogen and oxygen atoms in total. The van der Waals surface area contributed by atoms with Crippen molar-refractivity contribution in [3.05, 3.63) is 89.5 Å². The van der Waals surface area contributed by atoms with Crippen LogP contribution < -0.4 is 9.47 Å². The molecule has 1 saturated heterocycles. The molecule has 2 aliphatic rings. The summed E-state index contributed by atoms with van der Waals surface area (Å²) in [5.41, 5.74) is 3.57. The first kappa shape index (κ1) is 18.9. The van der Waals surface area contributed by atoms with E-state index in [1.165, 1.54) is 18.1 Å². The van der Waals surface area contributed by atoms with Gasteiger partial charge in [0, 0.05) is 30.0 Å². The summed E-state index contributed by atoms with van der Waals surface area (Å²) in [6.07, 6.45) is 1.99. The molecular formula is C26H25NO3. The van der Waals surface area contributed by atoms with E-state index in [1.807, 2.05) is 24.3 Å². The van der Waals surface area contributed by atoms with Gasteiger partial charge in [0.25, 0.3) is 0 Å². The Bertz CT molecular complexity index is 1070. The van der Waals surface area contributed by atoms with Gasteiger partial charge < -0.3 is 9.47 Å². The summed E-state index contributed by atoms with van der Waals surface area (Å²) in [4.78, 5) is 14.2. The van der Waals surface area contributed by atoms with Gasteiger partial charge in [0.1, 0.15) is 5.75 Å². The normalized spacial score (nSPS) is 17.0. The third kappa shape index (κ3) is 3.27. The smallest absolute Gasteiger partial charge is 0.308 e. The van der Waals surface area contributed by atoms with Crippen molar-refractivity contribution < 1.29 is 14.3 Å². The Morgan fingerprint density at radius 1 is 0.933 bits per heavy atom. The fourth-order valence-corrected chi connectivity index (χ4v) is 4.91. The molecule has 2 aliphatic heterocycles. The fraction of sp³-hybridized carbons (Fsp3) is 0.269. The van der Waals surface area contributed by atoms with Gasteiger partial charge in [-0.05, 0) is 43.6 Å². The average molecular weight is 399 g/mol. The highest BCUT2D eigenvalue weighted by molar-refractivity contribution is 5.72. The van der Waals surface area contributed by atoms with Crippen LogP contribution in [0.2, 0.25) is 0 Å². The predicted octanol–water partition coefficient (Wildman–Crippen LogP) is 5.30. The molecule has 0 N–H and O–H groups in total. The number of benzene rings is 3. The van der Waals surface area contributed by atoms with Gasteiger partial charge >= 0.3 is 5.97 Å². The molecule has 1 spiro atoms. The maximum Gasteiger partial charge on any atom is 0.308 e. The Labute approximate surface area is 177 Å². The van der Waals surface area contributed by atoms with E-state index < -0.39 is 0 Å². The summed E-state index contributed by atoms with van der Waals surface area (Å²) in [6, 6.07) is 24.8. The van der Waals surface area contributed by atoms with Crippen molar-refractivity contribution in [2.24, 2.45) is 0 Å². The standard InChI is InChI=1S/C26H25NO3/c1-19(28)29-24-13-7-11-22-25(24)30-23-12-6-5-10-21(23)26(22)14-16-27(17-15-26)18-20-8-3-2-4-9-20/h2-13H,14-18H2,1H3. The van der Waals surface area contributed by atoms with Crippen molar-refractivity contribution >= 4 is 5.97 Å². The molecular weight excluding hydrogens is 374 g/mol. The zero-order chi connectivity index (χ0) is 20.6. The lowest BCUT2D eigenvalue weighted by molar-refractivity contribution is -0.132. The molecule has 30 heavy (non-hydrogen) atoms. The summed E-state index contributed by atoms with van der Waals surface area (Å²) < 4.78 is 11.8. The van der Waals surface area contributed by atoms with Crippen molar-refractivity contribution in [2.75, 3.05) is 13.1 Å². The number of likely N-dealkylation sites (tertiary alicyclic amines) is 1. The van der Waals surface area contributed by atoms with Crippen molar-refractivity contribution in [2.45, 2.75) is 31.7 Å². The lowest BCUT2D eigenvalue weighted by atomic mass is 9.66. The molecule has 152 valence electrons. The zero-order valence-corrected chi connectivity index (χ0v) is 17.1. The zero-order valence-electron chi connectivity index (χ0n) is 17.1. The molecule has 0 bridgehead atoms. The molecule has 3 aromatic carbocycles. The largest absolute Gasteiger partial charge is 0.453 e. The van der Waals surface area contributed by atoms with E-state index in [9.17, 15) is 4.79 Å². The maximum atomic E-state index is 11.6. The maximum absolute atomic E-state index is 11.6. The van der Waals surface area contributed by atoms with Crippen LogP contribution in [0.25, 0.3) is 0 Å². The Balaban J connectivity index is 1.50. The molecule has 2 heterocycles. The van der Waals surface area contributed by atoms with Crippen LogP contribution in [0.15, 0.2) is 72.8 Å². The molecule has 1 fully saturated rings. The lowest BCUT2D eigenvalue weighted by Crippen LogP contribution is -2.44. The number of ether oxygens (including phenoxy) is 2. The highest BCUT2D eigenvalue weighted by atomic mass is 16.6. The number of para-hydroxylation sites is 2. The number of piperidine rings is 1. The van der Waals surface area contributed by atoms with Crippen LogP contribution in [0.3, 0.4) is 0 Å². The van der Waals surface area contributed by atoms with Gasteiger partial charge in [0.05, 0.1) is 0 Å². The number of fused-ring (bicyclic) bond motifs is 4. The van der Waals surface area contributed by atoms with E-state index in [-0.39, 0.29) is 11.4 Å². The summed E-state index contributed by atoms with van der Waals surface area (Å²) in [5, 5.41) is 0. The minimum Gasteiger partial charge on any atom is -0.453 e. The fourth-order valence-electron chi connectivity index (χ4n) is 4.91. The number of esters is 1. The molecule has 0 amide bonds. The average Bonchev–Trinajstić information content (AvgIpc) is 2.76. The molecule has 4 heteroatoms. The molecule has 0 atom stereocenters. The number of hydrogen-bond acceptors (Lipinski definition) is 4. The van der Waals surface area contributed by atoms with E-state index in [2.05, 4.69) is 53.4 Å². The van der Waals surface area contributed by atoms with Crippen LogP contribution in [0.4, 0.5) is 0 Å². The molecule has 0 unspecified atom stereocenters. The van der Waals surface area contributed by atoms with E-state index in [4.69, 9.17) is 9.47 Å². The van der Waals surface area contributed by atoms with Crippen molar-refractivity contribution in [1.29, 1.82) is 0 Å². The summed E-state index contributed by atoms with van der Waals surface area (Å²) in [7, 11) is 0. The minimum atomic E-state index is -0.336. The third-order valence-electron chi connectivity index (χ3n) is 6.32. The first-order valence-corrected chi connectivity index (χ1v) is 10.5. The van der Waals surface area contributed by atoms with Crippen LogP contribution in [0.5, 0.6) is 17.2 Å². The monoisotopic (exact) mass is 399 g/mol. The minimum absolute atomic E-state index is 0.131. The Morgan fingerprint density at radius 2 is 1.63 bits per heavy atom. The molecule has 0 aliphatic carbocycles. The number of nitrogens with zero attached hydrogens (tertiary/aromatic N) is 1. The van der Waals surface area contributed by atoms with Gasteiger partial charge in [-0.1, -0.05) is 60.7 Å². The number of hydrogen-bond donors (Lipinski definition) is 0. The third-order valence-corrected chi connectivity index (χ3v) is 6.32. The highest BCUT2D eigenvalue weighted by Gasteiger charge is 2.45. The topological polar surface area (TPSA) is 38.8 Å².